The Bertz CT molecular complexity index is 245. The molecular weight excluding hydrogens is 230 g/mol. The maximum Gasteiger partial charge on any atom is 0.309 e. The van der Waals surface area contributed by atoms with E-state index in [-0.39, 0.29) is 11.9 Å². The lowest BCUT2D eigenvalue weighted by Crippen LogP contribution is -2.43. The Morgan fingerprint density at radius 2 is 2.22 bits per heavy atom. The van der Waals surface area contributed by atoms with Crippen molar-refractivity contribution in [1.29, 1.82) is 0 Å². The fourth-order valence-corrected chi connectivity index (χ4v) is 2.35. The van der Waals surface area contributed by atoms with Gasteiger partial charge in [-0.05, 0) is 32.7 Å². The molecule has 0 N–H and O–H groups in total. The Balaban J connectivity index is 2.30. The van der Waals surface area contributed by atoms with E-state index in [1.165, 1.54) is 0 Å². The molecule has 0 radical (unpaired) electrons. The molecule has 0 amide bonds. The average Bonchev–Trinajstić information content (AvgIpc) is 2.37. The summed E-state index contributed by atoms with van der Waals surface area (Å²) in [4.78, 5) is 13.9. The number of esters is 1. The van der Waals surface area contributed by atoms with Crippen LogP contribution in [0.1, 0.15) is 40.0 Å². The van der Waals surface area contributed by atoms with Crippen molar-refractivity contribution >= 4 is 5.97 Å². The summed E-state index contributed by atoms with van der Waals surface area (Å²) >= 11 is 0. The summed E-state index contributed by atoms with van der Waals surface area (Å²) < 4.78 is 10.8. The van der Waals surface area contributed by atoms with Crippen LogP contribution >= 0.6 is 0 Å². The first kappa shape index (κ1) is 15.4. The van der Waals surface area contributed by atoms with Gasteiger partial charge < -0.3 is 9.47 Å². The maximum atomic E-state index is 11.6. The number of hydrogen-bond acceptors (Lipinski definition) is 4. The van der Waals surface area contributed by atoms with Crippen LogP contribution in [-0.2, 0) is 14.3 Å². The molecule has 0 spiro atoms. The quantitative estimate of drug-likeness (QED) is 0.655. The minimum absolute atomic E-state index is 0.0464. The second kappa shape index (κ2) is 8.48. The maximum absolute atomic E-state index is 11.6. The highest BCUT2D eigenvalue weighted by atomic mass is 16.5. The van der Waals surface area contributed by atoms with Gasteiger partial charge in [-0.3, -0.25) is 9.69 Å². The first-order valence-corrected chi connectivity index (χ1v) is 7.17. The number of rotatable bonds is 7. The predicted molar refractivity (Wildman–Crippen MR) is 71.5 cm³/mol. The van der Waals surface area contributed by atoms with Gasteiger partial charge in [0.2, 0.25) is 0 Å². The van der Waals surface area contributed by atoms with Gasteiger partial charge in [0.25, 0.3) is 0 Å². The van der Waals surface area contributed by atoms with Gasteiger partial charge >= 0.3 is 5.97 Å². The van der Waals surface area contributed by atoms with E-state index < -0.39 is 0 Å². The lowest BCUT2D eigenvalue weighted by molar-refractivity contribution is -0.148. The standard InChI is InChI=1S/C14H27NO3/c1-4-9-18-13-7-6-8-15(11-13)10-12(3)14(16)17-5-2/h12-13H,4-11H2,1-3H3. The fourth-order valence-electron chi connectivity index (χ4n) is 2.35. The van der Waals surface area contributed by atoms with Crippen LogP contribution in [0.5, 0.6) is 0 Å². The molecule has 0 aromatic heterocycles. The highest BCUT2D eigenvalue weighted by Gasteiger charge is 2.24. The number of carbonyl (C=O) groups is 1. The van der Waals surface area contributed by atoms with E-state index in [1.807, 2.05) is 13.8 Å². The van der Waals surface area contributed by atoms with Crippen LogP contribution in [0.15, 0.2) is 0 Å². The van der Waals surface area contributed by atoms with Crippen LogP contribution in [0.4, 0.5) is 0 Å². The van der Waals surface area contributed by atoms with Gasteiger partial charge in [0.05, 0.1) is 18.6 Å². The van der Waals surface area contributed by atoms with Crippen LogP contribution in [0, 0.1) is 5.92 Å². The van der Waals surface area contributed by atoms with Crippen LogP contribution in [0.2, 0.25) is 0 Å². The van der Waals surface area contributed by atoms with E-state index in [4.69, 9.17) is 9.47 Å². The first-order valence-electron chi connectivity index (χ1n) is 7.17. The molecule has 0 aliphatic carbocycles. The molecule has 0 saturated carbocycles. The van der Waals surface area contributed by atoms with Crippen molar-refractivity contribution in [3.63, 3.8) is 0 Å². The van der Waals surface area contributed by atoms with Crippen LogP contribution in [-0.4, -0.2) is 49.8 Å². The van der Waals surface area contributed by atoms with Crippen molar-refractivity contribution in [3.8, 4) is 0 Å². The molecule has 1 aliphatic rings. The molecule has 4 heteroatoms. The van der Waals surface area contributed by atoms with Gasteiger partial charge in [-0.25, -0.2) is 0 Å². The van der Waals surface area contributed by atoms with Gasteiger partial charge in [0.1, 0.15) is 0 Å². The summed E-state index contributed by atoms with van der Waals surface area (Å²) in [6.07, 6.45) is 3.71. The van der Waals surface area contributed by atoms with Crippen molar-refractivity contribution in [3.05, 3.63) is 0 Å². The number of piperidine rings is 1. The van der Waals surface area contributed by atoms with Gasteiger partial charge in [0.15, 0.2) is 0 Å². The Morgan fingerprint density at radius 3 is 2.89 bits per heavy atom. The summed E-state index contributed by atoms with van der Waals surface area (Å²) in [5, 5.41) is 0. The van der Waals surface area contributed by atoms with Gasteiger partial charge in [-0.2, -0.15) is 0 Å². The lowest BCUT2D eigenvalue weighted by atomic mass is 10.1. The molecule has 18 heavy (non-hydrogen) atoms. The predicted octanol–water partition coefficient (Wildman–Crippen LogP) is 2.08. The van der Waals surface area contributed by atoms with E-state index in [9.17, 15) is 4.79 Å². The van der Waals surface area contributed by atoms with Gasteiger partial charge in [0, 0.05) is 19.7 Å². The fraction of sp³-hybridized carbons (Fsp3) is 0.929. The second-order valence-electron chi connectivity index (χ2n) is 5.05. The van der Waals surface area contributed by atoms with E-state index in [2.05, 4.69) is 11.8 Å². The molecule has 0 aromatic carbocycles. The van der Waals surface area contributed by atoms with Crippen molar-refractivity contribution in [2.24, 2.45) is 5.92 Å². The van der Waals surface area contributed by atoms with Crippen molar-refractivity contribution < 1.29 is 14.3 Å². The molecule has 1 saturated heterocycles. The molecule has 1 aliphatic heterocycles. The molecular formula is C14H27NO3. The molecule has 1 heterocycles. The minimum atomic E-state index is -0.0888. The number of hydrogen-bond donors (Lipinski definition) is 0. The summed E-state index contributed by atoms with van der Waals surface area (Å²) in [6, 6.07) is 0. The number of ether oxygens (including phenoxy) is 2. The zero-order valence-electron chi connectivity index (χ0n) is 12.0. The van der Waals surface area contributed by atoms with Gasteiger partial charge in [-0.15, -0.1) is 0 Å². The summed E-state index contributed by atoms with van der Waals surface area (Å²) in [7, 11) is 0. The minimum Gasteiger partial charge on any atom is -0.466 e. The first-order chi connectivity index (χ1) is 8.67. The van der Waals surface area contributed by atoms with E-state index in [0.29, 0.717) is 12.7 Å². The molecule has 0 bridgehead atoms. The average molecular weight is 257 g/mol. The molecule has 4 nitrogen and oxygen atoms in total. The molecule has 0 aromatic rings. The summed E-state index contributed by atoms with van der Waals surface area (Å²) in [5.41, 5.74) is 0. The van der Waals surface area contributed by atoms with Crippen LogP contribution in [0.3, 0.4) is 0 Å². The molecule has 2 unspecified atom stereocenters. The third-order valence-electron chi connectivity index (χ3n) is 3.24. The Morgan fingerprint density at radius 1 is 1.44 bits per heavy atom. The smallest absolute Gasteiger partial charge is 0.309 e. The summed E-state index contributed by atoms with van der Waals surface area (Å²) in [6.45, 7) is 10.0. The lowest BCUT2D eigenvalue weighted by Gasteiger charge is -2.33. The van der Waals surface area contributed by atoms with E-state index in [1.54, 1.807) is 0 Å². The Kier molecular flexibility index (Phi) is 7.28. The molecule has 106 valence electrons. The monoisotopic (exact) mass is 257 g/mol. The zero-order chi connectivity index (χ0) is 13.4. The third-order valence-corrected chi connectivity index (χ3v) is 3.24. The third kappa shape index (κ3) is 5.36. The normalized spacial score (nSPS) is 22.7. The topological polar surface area (TPSA) is 38.8 Å². The largest absolute Gasteiger partial charge is 0.466 e. The van der Waals surface area contributed by atoms with E-state index >= 15 is 0 Å². The molecule has 1 rings (SSSR count). The van der Waals surface area contributed by atoms with Crippen molar-refractivity contribution in [1.82, 2.24) is 4.90 Å². The van der Waals surface area contributed by atoms with Gasteiger partial charge in [-0.1, -0.05) is 13.8 Å². The summed E-state index contributed by atoms with van der Waals surface area (Å²) in [5.74, 6) is -0.135. The zero-order valence-corrected chi connectivity index (χ0v) is 12.0. The number of carbonyl (C=O) groups excluding carboxylic acids is 1. The van der Waals surface area contributed by atoms with Crippen molar-refractivity contribution in [2.75, 3.05) is 32.8 Å². The van der Waals surface area contributed by atoms with E-state index in [0.717, 1.165) is 45.5 Å². The van der Waals surface area contributed by atoms with Crippen LogP contribution < -0.4 is 0 Å². The highest BCUT2D eigenvalue weighted by Crippen LogP contribution is 2.15. The highest BCUT2D eigenvalue weighted by molar-refractivity contribution is 5.72. The Labute approximate surface area is 111 Å². The second-order valence-corrected chi connectivity index (χ2v) is 5.05. The number of nitrogens with zero attached hydrogens (tertiary/aromatic N) is 1. The SMILES string of the molecule is CCCOC1CCCN(CC(C)C(=O)OCC)C1. The van der Waals surface area contributed by atoms with Crippen molar-refractivity contribution in [2.45, 2.75) is 46.1 Å². The Hall–Kier alpha value is -0.610. The number of likely N-dealkylation sites (tertiary alicyclic amines) is 1. The van der Waals surface area contributed by atoms with Crippen LogP contribution in [0.25, 0.3) is 0 Å². The molecule has 1 fully saturated rings. The molecule has 2 atom stereocenters.